The average Bonchev–Trinajstić information content (AvgIpc) is 3.44. The molecular formula is C31H31N3O4. The monoisotopic (exact) mass is 509 g/mol. The maximum atomic E-state index is 14.3. The van der Waals surface area contributed by atoms with Crippen LogP contribution in [0.15, 0.2) is 91.1 Å². The molecule has 5 rings (SSSR count). The molecule has 0 bridgehead atoms. The molecule has 0 fully saturated rings. The molecule has 0 N–H and O–H groups in total. The van der Waals surface area contributed by atoms with Gasteiger partial charge in [0.2, 0.25) is 5.91 Å². The summed E-state index contributed by atoms with van der Waals surface area (Å²) in [7, 11) is 3.23. The molecule has 7 heteroatoms. The normalized spacial score (nSPS) is 14.0. The van der Waals surface area contributed by atoms with Crippen LogP contribution >= 0.6 is 0 Å². The fourth-order valence-corrected chi connectivity index (χ4v) is 5.07. The number of methoxy groups -OCH3 is 2. The zero-order valence-corrected chi connectivity index (χ0v) is 22.0. The minimum absolute atomic E-state index is 0.0801. The van der Waals surface area contributed by atoms with Crippen molar-refractivity contribution in [3.63, 3.8) is 0 Å². The first-order chi connectivity index (χ1) is 18.4. The first-order valence-corrected chi connectivity index (χ1v) is 12.6. The number of hydrogen-bond donors (Lipinski definition) is 0. The van der Waals surface area contributed by atoms with E-state index < -0.39 is 6.04 Å². The number of benzene rings is 3. The predicted octanol–water partition coefficient (Wildman–Crippen LogP) is 5.48. The minimum Gasteiger partial charge on any atom is -0.497 e. The van der Waals surface area contributed by atoms with E-state index in [1.54, 1.807) is 36.2 Å². The number of carbonyl (C=O) groups excluding carboxylic acids is 2. The molecule has 2 amide bonds. The van der Waals surface area contributed by atoms with Crippen LogP contribution in [-0.4, -0.2) is 48.1 Å². The van der Waals surface area contributed by atoms with Crippen LogP contribution < -0.4 is 14.4 Å². The number of anilines is 1. The molecule has 0 radical (unpaired) electrons. The smallest absolute Gasteiger partial charge is 0.254 e. The van der Waals surface area contributed by atoms with Crippen molar-refractivity contribution in [2.75, 3.05) is 25.7 Å². The number of ether oxygens (including phenoxy) is 2. The lowest BCUT2D eigenvalue weighted by molar-refractivity contribution is -0.120. The Hall–Kier alpha value is -4.52. The van der Waals surface area contributed by atoms with Crippen LogP contribution in [-0.2, 0) is 4.79 Å². The van der Waals surface area contributed by atoms with Crippen molar-refractivity contribution >= 4 is 17.5 Å². The number of para-hydroxylation sites is 2. The summed E-state index contributed by atoms with van der Waals surface area (Å²) < 4.78 is 13.4. The van der Waals surface area contributed by atoms with E-state index in [0.29, 0.717) is 17.1 Å². The summed E-state index contributed by atoms with van der Waals surface area (Å²) in [6, 6.07) is 25.8. The Labute approximate surface area is 222 Å². The zero-order valence-electron chi connectivity index (χ0n) is 22.0. The Balaban J connectivity index is 1.63. The van der Waals surface area contributed by atoms with Crippen molar-refractivity contribution in [3.8, 4) is 17.2 Å². The van der Waals surface area contributed by atoms with Crippen molar-refractivity contribution in [1.29, 1.82) is 0 Å². The quantitative estimate of drug-likeness (QED) is 0.331. The molecule has 0 saturated carbocycles. The number of carbonyl (C=O) groups is 2. The molecule has 0 saturated heterocycles. The number of rotatable bonds is 7. The summed E-state index contributed by atoms with van der Waals surface area (Å²) in [5.74, 6) is 0.922. The first kappa shape index (κ1) is 25.1. The van der Waals surface area contributed by atoms with Crippen molar-refractivity contribution in [3.05, 3.63) is 108 Å². The molecule has 38 heavy (non-hydrogen) atoms. The van der Waals surface area contributed by atoms with Crippen LogP contribution in [0.25, 0.3) is 5.69 Å². The van der Waals surface area contributed by atoms with Gasteiger partial charge < -0.3 is 18.9 Å². The van der Waals surface area contributed by atoms with Crippen LogP contribution in [0.2, 0.25) is 0 Å². The summed E-state index contributed by atoms with van der Waals surface area (Å²) in [4.78, 5) is 31.2. The molecule has 1 aliphatic heterocycles. The van der Waals surface area contributed by atoms with Gasteiger partial charge in [-0.05, 0) is 68.4 Å². The van der Waals surface area contributed by atoms with Crippen LogP contribution in [0.1, 0.15) is 41.5 Å². The Morgan fingerprint density at radius 1 is 0.868 bits per heavy atom. The van der Waals surface area contributed by atoms with Gasteiger partial charge in [0.05, 0.1) is 31.3 Å². The predicted molar refractivity (Wildman–Crippen MR) is 147 cm³/mol. The van der Waals surface area contributed by atoms with Crippen LogP contribution in [0, 0.1) is 0 Å². The molecule has 1 unspecified atom stereocenters. The molecule has 0 spiro atoms. The second kappa shape index (κ2) is 10.5. The van der Waals surface area contributed by atoms with Crippen molar-refractivity contribution in [2.24, 2.45) is 0 Å². The van der Waals surface area contributed by atoms with Crippen molar-refractivity contribution in [1.82, 2.24) is 9.47 Å². The van der Waals surface area contributed by atoms with Crippen LogP contribution in [0.5, 0.6) is 11.5 Å². The van der Waals surface area contributed by atoms with E-state index in [9.17, 15) is 9.59 Å². The van der Waals surface area contributed by atoms with Gasteiger partial charge in [0.25, 0.3) is 5.91 Å². The van der Waals surface area contributed by atoms with Gasteiger partial charge in [-0.15, -0.1) is 0 Å². The van der Waals surface area contributed by atoms with Gasteiger partial charge in [-0.2, -0.15) is 0 Å². The summed E-state index contributed by atoms with van der Waals surface area (Å²) in [6.07, 6.45) is 2.00. The highest BCUT2D eigenvalue weighted by Crippen LogP contribution is 2.45. The van der Waals surface area contributed by atoms with Crippen LogP contribution in [0.4, 0.5) is 5.69 Å². The van der Waals surface area contributed by atoms with E-state index in [0.717, 1.165) is 22.6 Å². The summed E-state index contributed by atoms with van der Waals surface area (Å²) in [5, 5.41) is 0. The Kier molecular flexibility index (Phi) is 6.92. The van der Waals surface area contributed by atoms with E-state index in [1.165, 1.54) is 0 Å². The number of amides is 2. The number of fused-ring (bicyclic) bond motifs is 3. The van der Waals surface area contributed by atoms with Gasteiger partial charge in [0.15, 0.2) is 0 Å². The summed E-state index contributed by atoms with van der Waals surface area (Å²) in [5.41, 5.74) is 3.90. The topological polar surface area (TPSA) is 64.0 Å². The van der Waals surface area contributed by atoms with Gasteiger partial charge in [0, 0.05) is 23.4 Å². The third-order valence-corrected chi connectivity index (χ3v) is 6.93. The molecule has 1 atom stereocenters. The molecule has 4 aromatic rings. The standard InChI is InChI=1S/C31H31N3O4/c1-21(2)33(31(36)22-11-6-5-7-12-22)20-29(35)34-26-14-9-8-13-25(26)32-18-10-15-27(32)30(34)24-19-23(37-3)16-17-28(24)38-4/h5-19,21,30H,20H2,1-4H3. The number of aromatic nitrogens is 1. The maximum Gasteiger partial charge on any atom is 0.254 e. The Morgan fingerprint density at radius 2 is 1.58 bits per heavy atom. The molecule has 2 heterocycles. The molecule has 0 aliphatic carbocycles. The second-order valence-electron chi connectivity index (χ2n) is 9.46. The average molecular weight is 510 g/mol. The zero-order chi connectivity index (χ0) is 26.8. The summed E-state index contributed by atoms with van der Waals surface area (Å²) in [6.45, 7) is 3.77. The van der Waals surface area contributed by atoms with E-state index in [2.05, 4.69) is 4.57 Å². The van der Waals surface area contributed by atoms with Gasteiger partial charge >= 0.3 is 0 Å². The van der Waals surface area contributed by atoms with Crippen molar-refractivity contribution < 1.29 is 19.1 Å². The van der Waals surface area contributed by atoms with E-state index >= 15 is 0 Å². The highest BCUT2D eigenvalue weighted by molar-refractivity contribution is 6.02. The largest absolute Gasteiger partial charge is 0.497 e. The van der Waals surface area contributed by atoms with Gasteiger partial charge in [-0.25, -0.2) is 0 Å². The number of hydrogen-bond acceptors (Lipinski definition) is 4. The lowest BCUT2D eigenvalue weighted by atomic mass is 9.96. The van der Waals surface area contributed by atoms with Crippen LogP contribution in [0.3, 0.4) is 0 Å². The van der Waals surface area contributed by atoms with Gasteiger partial charge in [0.1, 0.15) is 24.1 Å². The Morgan fingerprint density at radius 3 is 2.26 bits per heavy atom. The summed E-state index contributed by atoms with van der Waals surface area (Å²) >= 11 is 0. The maximum absolute atomic E-state index is 14.3. The van der Waals surface area contributed by atoms with Gasteiger partial charge in [-0.3, -0.25) is 14.5 Å². The fourth-order valence-electron chi connectivity index (χ4n) is 5.07. The van der Waals surface area contributed by atoms with E-state index in [-0.39, 0.29) is 24.4 Å². The molecule has 7 nitrogen and oxygen atoms in total. The molecule has 194 valence electrons. The third-order valence-electron chi connectivity index (χ3n) is 6.93. The fraction of sp³-hybridized carbons (Fsp3) is 0.226. The van der Waals surface area contributed by atoms with E-state index in [4.69, 9.17) is 9.47 Å². The third kappa shape index (κ3) is 4.41. The van der Waals surface area contributed by atoms with Crippen molar-refractivity contribution in [2.45, 2.75) is 25.9 Å². The second-order valence-corrected chi connectivity index (χ2v) is 9.46. The highest BCUT2D eigenvalue weighted by atomic mass is 16.5. The SMILES string of the molecule is COc1ccc(OC)c(C2c3cccn3-c3ccccc3N2C(=O)CN(C(=O)c2ccccc2)C(C)C)c1. The molecule has 1 aliphatic rings. The highest BCUT2D eigenvalue weighted by Gasteiger charge is 2.39. The first-order valence-electron chi connectivity index (χ1n) is 12.6. The Bertz CT molecular complexity index is 1460. The lowest BCUT2D eigenvalue weighted by Crippen LogP contribution is -2.48. The molecular weight excluding hydrogens is 478 g/mol. The molecule has 3 aromatic carbocycles. The minimum atomic E-state index is -0.502. The molecule has 1 aromatic heterocycles. The van der Waals surface area contributed by atoms with E-state index in [1.807, 2.05) is 92.8 Å². The number of nitrogens with zero attached hydrogens (tertiary/aromatic N) is 3. The lowest BCUT2D eigenvalue weighted by Gasteiger charge is -2.40. The van der Waals surface area contributed by atoms with Gasteiger partial charge in [-0.1, -0.05) is 30.3 Å².